The lowest BCUT2D eigenvalue weighted by molar-refractivity contribution is -0.274. The van der Waals surface area contributed by atoms with Gasteiger partial charge in [0.25, 0.3) is 0 Å². The lowest BCUT2D eigenvalue weighted by Gasteiger charge is -2.08. The van der Waals surface area contributed by atoms with E-state index in [4.69, 9.17) is 0 Å². The highest BCUT2D eigenvalue weighted by atomic mass is 19.4. The molecule has 0 N–H and O–H groups in total. The molecule has 1 rings (SSSR count). The highest BCUT2D eigenvalue weighted by Crippen LogP contribution is 2.23. The molecule has 18 heavy (non-hydrogen) atoms. The maximum atomic E-state index is 11.9. The number of hydrogen-bond acceptors (Lipinski definition) is 2. The monoisotopic (exact) mass is 260 g/mol. The fraction of sp³-hybridized carbons (Fsp3) is 0.462. The first kappa shape index (κ1) is 14.5. The lowest BCUT2D eigenvalue weighted by atomic mass is 10.0. The first-order valence-corrected chi connectivity index (χ1v) is 5.81. The summed E-state index contributed by atoms with van der Waals surface area (Å²) >= 11 is 0. The van der Waals surface area contributed by atoms with Gasteiger partial charge < -0.3 is 4.74 Å². The number of alkyl halides is 3. The Kier molecular flexibility index (Phi) is 5.19. The van der Waals surface area contributed by atoms with Crippen molar-refractivity contribution in [2.75, 3.05) is 0 Å². The third-order valence-corrected chi connectivity index (χ3v) is 2.42. The molecule has 0 saturated heterocycles. The quantitative estimate of drug-likeness (QED) is 0.561. The van der Waals surface area contributed by atoms with E-state index in [-0.39, 0.29) is 11.5 Å². The van der Waals surface area contributed by atoms with Crippen LogP contribution in [0, 0.1) is 0 Å². The molecule has 0 amide bonds. The number of carbonyl (C=O) groups is 1. The molecule has 0 aromatic heterocycles. The summed E-state index contributed by atoms with van der Waals surface area (Å²) < 4.78 is 39.5. The Morgan fingerprint density at radius 1 is 1.17 bits per heavy atom. The van der Waals surface area contributed by atoms with E-state index < -0.39 is 6.36 Å². The van der Waals surface area contributed by atoms with Crippen molar-refractivity contribution >= 4 is 5.78 Å². The zero-order valence-electron chi connectivity index (χ0n) is 10.1. The molecule has 5 heteroatoms. The molecule has 0 saturated carbocycles. The molecule has 0 aliphatic rings. The molecule has 0 unspecified atom stereocenters. The number of unbranched alkanes of at least 4 members (excludes halogenated alkanes) is 2. The van der Waals surface area contributed by atoms with Crippen molar-refractivity contribution in [2.24, 2.45) is 0 Å². The van der Waals surface area contributed by atoms with E-state index in [1.807, 2.05) is 6.92 Å². The number of ether oxygens (including phenoxy) is 1. The second kappa shape index (κ2) is 6.42. The SMILES string of the molecule is CCCCCC(=O)c1ccc(OC(F)(F)F)cc1. The molecular weight excluding hydrogens is 245 g/mol. The summed E-state index contributed by atoms with van der Waals surface area (Å²) in [5.74, 6) is -0.366. The normalized spacial score (nSPS) is 11.3. The molecule has 0 spiro atoms. The van der Waals surface area contributed by atoms with Gasteiger partial charge >= 0.3 is 6.36 Å². The Balaban J connectivity index is 2.57. The predicted octanol–water partition coefficient (Wildman–Crippen LogP) is 4.35. The van der Waals surface area contributed by atoms with Crippen LogP contribution in [0.1, 0.15) is 43.0 Å². The second-order valence-electron chi connectivity index (χ2n) is 3.95. The minimum absolute atomic E-state index is 0.0537. The number of benzene rings is 1. The van der Waals surface area contributed by atoms with Gasteiger partial charge in [0.2, 0.25) is 0 Å². The maximum Gasteiger partial charge on any atom is 0.573 e. The first-order valence-electron chi connectivity index (χ1n) is 5.81. The summed E-state index contributed by atoms with van der Waals surface area (Å²) in [5.41, 5.74) is 0.417. The van der Waals surface area contributed by atoms with Gasteiger partial charge in [-0.2, -0.15) is 0 Å². The van der Waals surface area contributed by atoms with Gasteiger partial charge in [-0.3, -0.25) is 4.79 Å². The molecule has 0 aliphatic carbocycles. The van der Waals surface area contributed by atoms with Crippen LogP contribution in [0.15, 0.2) is 24.3 Å². The predicted molar refractivity (Wildman–Crippen MR) is 61.6 cm³/mol. The molecule has 0 fully saturated rings. The molecule has 100 valence electrons. The van der Waals surface area contributed by atoms with E-state index in [2.05, 4.69) is 4.74 Å². The summed E-state index contributed by atoms with van der Waals surface area (Å²) in [5, 5.41) is 0. The molecular formula is C13H15F3O2. The number of ketones is 1. The number of halogens is 3. The van der Waals surface area contributed by atoms with Gasteiger partial charge in [0.15, 0.2) is 5.78 Å². The third-order valence-electron chi connectivity index (χ3n) is 2.42. The van der Waals surface area contributed by atoms with Crippen LogP contribution in [-0.2, 0) is 0 Å². The van der Waals surface area contributed by atoms with E-state index in [0.29, 0.717) is 12.0 Å². The Hall–Kier alpha value is -1.52. The van der Waals surface area contributed by atoms with Gasteiger partial charge in [0, 0.05) is 12.0 Å². The fourth-order valence-corrected chi connectivity index (χ4v) is 1.52. The number of Topliss-reactive ketones (excluding diaryl/α,β-unsaturated/α-hetero) is 1. The largest absolute Gasteiger partial charge is 0.573 e. The minimum atomic E-state index is -4.70. The highest BCUT2D eigenvalue weighted by molar-refractivity contribution is 5.96. The zero-order valence-corrected chi connectivity index (χ0v) is 10.1. The van der Waals surface area contributed by atoms with Crippen LogP contribution in [0.25, 0.3) is 0 Å². The van der Waals surface area contributed by atoms with E-state index >= 15 is 0 Å². The van der Waals surface area contributed by atoms with E-state index in [1.54, 1.807) is 0 Å². The molecule has 0 bridgehead atoms. The average Bonchev–Trinajstić information content (AvgIpc) is 2.28. The summed E-state index contributed by atoms with van der Waals surface area (Å²) in [6, 6.07) is 5.02. The van der Waals surface area contributed by atoms with Crippen LogP contribution in [0.4, 0.5) is 13.2 Å². The molecule has 0 atom stereocenters. The summed E-state index contributed by atoms with van der Waals surface area (Å²) in [4.78, 5) is 11.7. The van der Waals surface area contributed by atoms with Gasteiger partial charge in [0.1, 0.15) is 5.75 Å². The molecule has 2 nitrogen and oxygen atoms in total. The number of carbonyl (C=O) groups excluding carboxylic acids is 1. The molecule has 1 aromatic carbocycles. The lowest BCUT2D eigenvalue weighted by Crippen LogP contribution is -2.17. The first-order chi connectivity index (χ1) is 8.42. The average molecular weight is 260 g/mol. The van der Waals surface area contributed by atoms with Gasteiger partial charge in [-0.1, -0.05) is 19.8 Å². The van der Waals surface area contributed by atoms with Crippen molar-refractivity contribution < 1.29 is 22.7 Å². The van der Waals surface area contributed by atoms with E-state index in [9.17, 15) is 18.0 Å². The van der Waals surface area contributed by atoms with Crippen LogP contribution in [0.3, 0.4) is 0 Å². The summed E-state index contributed by atoms with van der Waals surface area (Å²) in [6.45, 7) is 2.04. The summed E-state index contributed by atoms with van der Waals surface area (Å²) in [6.07, 6.45) is -1.48. The van der Waals surface area contributed by atoms with Crippen molar-refractivity contribution in [3.8, 4) is 5.75 Å². The number of hydrogen-bond donors (Lipinski definition) is 0. The smallest absolute Gasteiger partial charge is 0.406 e. The van der Waals surface area contributed by atoms with E-state index in [1.165, 1.54) is 12.1 Å². The minimum Gasteiger partial charge on any atom is -0.406 e. The molecule has 0 aliphatic heterocycles. The van der Waals surface area contributed by atoms with Crippen LogP contribution < -0.4 is 4.74 Å². The molecule has 0 radical (unpaired) electrons. The van der Waals surface area contributed by atoms with Crippen molar-refractivity contribution in [3.05, 3.63) is 29.8 Å². The van der Waals surface area contributed by atoms with Crippen LogP contribution in [-0.4, -0.2) is 12.1 Å². The Labute approximate surface area is 104 Å². The Morgan fingerprint density at radius 2 is 1.78 bits per heavy atom. The summed E-state index contributed by atoms with van der Waals surface area (Å²) in [7, 11) is 0. The Morgan fingerprint density at radius 3 is 2.28 bits per heavy atom. The van der Waals surface area contributed by atoms with Crippen molar-refractivity contribution in [3.63, 3.8) is 0 Å². The van der Waals surface area contributed by atoms with Crippen LogP contribution in [0.5, 0.6) is 5.75 Å². The zero-order chi connectivity index (χ0) is 13.6. The van der Waals surface area contributed by atoms with Gasteiger partial charge in [-0.25, -0.2) is 0 Å². The van der Waals surface area contributed by atoms with Crippen molar-refractivity contribution in [1.82, 2.24) is 0 Å². The second-order valence-corrected chi connectivity index (χ2v) is 3.95. The molecule has 1 aromatic rings. The maximum absolute atomic E-state index is 11.9. The van der Waals surface area contributed by atoms with Crippen molar-refractivity contribution in [1.29, 1.82) is 0 Å². The van der Waals surface area contributed by atoms with Gasteiger partial charge in [-0.15, -0.1) is 13.2 Å². The molecule has 0 heterocycles. The van der Waals surface area contributed by atoms with E-state index in [0.717, 1.165) is 31.4 Å². The van der Waals surface area contributed by atoms with Crippen LogP contribution >= 0.6 is 0 Å². The van der Waals surface area contributed by atoms with Gasteiger partial charge in [0.05, 0.1) is 0 Å². The van der Waals surface area contributed by atoms with Crippen molar-refractivity contribution in [2.45, 2.75) is 39.0 Å². The van der Waals surface area contributed by atoms with Gasteiger partial charge in [-0.05, 0) is 30.7 Å². The fourth-order valence-electron chi connectivity index (χ4n) is 1.52. The topological polar surface area (TPSA) is 26.3 Å². The number of rotatable bonds is 6. The third kappa shape index (κ3) is 5.21. The van der Waals surface area contributed by atoms with Crippen LogP contribution in [0.2, 0.25) is 0 Å². The standard InChI is InChI=1S/C13H15F3O2/c1-2-3-4-5-12(17)10-6-8-11(9-7-10)18-13(14,15)16/h6-9H,2-5H2,1H3. The highest BCUT2D eigenvalue weighted by Gasteiger charge is 2.30. The Bertz CT molecular complexity index is 382.